The minimum Gasteiger partial charge on any atom is -0.342 e. The number of hydrazone groups is 1. The Balaban J connectivity index is 1.52. The number of carbonyl (C=O) groups is 1. The zero-order chi connectivity index (χ0) is 21.5. The Hall–Kier alpha value is -2.96. The molecule has 1 amide bonds. The number of rotatable bonds is 5. The molecule has 2 unspecified atom stereocenters. The Kier molecular flexibility index (Phi) is 5.00. The molecule has 1 aliphatic carbocycles. The number of aromatic amines is 1. The number of aromatic nitrogens is 4. The largest absolute Gasteiger partial charge is 0.342 e. The van der Waals surface area contributed by atoms with Crippen LogP contribution in [0.3, 0.4) is 0 Å². The lowest BCUT2D eigenvalue weighted by molar-refractivity contribution is -0.135. The van der Waals surface area contributed by atoms with E-state index in [-0.39, 0.29) is 17.2 Å². The fourth-order valence-electron chi connectivity index (χ4n) is 4.63. The van der Waals surface area contributed by atoms with Gasteiger partial charge in [-0.05, 0) is 44.2 Å². The predicted molar refractivity (Wildman–Crippen MR) is 118 cm³/mol. The van der Waals surface area contributed by atoms with Gasteiger partial charge in [0, 0.05) is 24.2 Å². The Morgan fingerprint density at radius 2 is 2.13 bits per heavy atom. The van der Waals surface area contributed by atoms with Crippen LogP contribution < -0.4 is 5.43 Å². The Labute approximate surface area is 177 Å². The quantitative estimate of drug-likeness (QED) is 0.493. The molecule has 2 heterocycles. The van der Waals surface area contributed by atoms with E-state index in [1.807, 2.05) is 55.9 Å². The van der Waals surface area contributed by atoms with Crippen LogP contribution in [0.1, 0.15) is 63.5 Å². The fraction of sp³-hybridized carbons (Fsp3) is 0.478. The van der Waals surface area contributed by atoms with Crippen LogP contribution in [-0.2, 0) is 11.3 Å². The summed E-state index contributed by atoms with van der Waals surface area (Å²) >= 11 is 0. The van der Waals surface area contributed by atoms with Gasteiger partial charge in [-0.25, -0.2) is 10.4 Å². The van der Waals surface area contributed by atoms with Gasteiger partial charge in [0.05, 0.1) is 28.4 Å². The molecule has 0 radical (unpaired) electrons. The predicted octanol–water partition coefficient (Wildman–Crippen LogP) is 4.15. The molecule has 0 saturated heterocycles. The van der Waals surface area contributed by atoms with Gasteiger partial charge in [0.1, 0.15) is 5.82 Å². The summed E-state index contributed by atoms with van der Waals surface area (Å²) in [6, 6.07) is 8.05. The van der Waals surface area contributed by atoms with Gasteiger partial charge in [0.25, 0.3) is 0 Å². The number of H-pyrrole nitrogens is 1. The molecule has 30 heavy (non-hydrogen) atoms. The molecule has 158 valence electrons. The molecule has 3 aromatic rings. The summed E-state index contributed by atoms with van der Waals surface area (Å²) in [6.45, 7) is 11.1. The van der Waals surface area contributed by atoms with Gasteiger partial charge in [-0.15, -0.1) is 0 Å². The van der Waals surface area contributed by atoms with Crippen LogP contribution in [0.2, 0.25) is 0 Å². The minimum absolute atomic E-state index is 0.0529. The summed E-state index contributed by atoms with van der Waals surface area (Å²) in [4.78, 5) is 21.5. The van der Waals surface area contributed by atoms with Gasteiger partial charge in [-0.2, -0.15) is 10.2 Å². The molecule has 1 aliphatic rings. The maximum Gasteiger partial charge on any atom is 0.246 e. The zero-order valence-electron chi connectivity index (χ0n) is 18.4. The summed E-state index contributed by atoms with van der Waals surface area (Å²) in [5, 5.41) is 8.64. The molecule has 7 heteroatoms. The minimum atomic E-state index is -0.545. The smallest absolute Gasteiger partial charge is 0.246 e. The van der Waals surface area contributed by atoms with Gasteiger partial charge < -0.3 is 4.98 Å². The van der Waals surface area contributed by atoms with Gasteiger partial charge in [0.2, 0.25) is 5.91 Å². The maximum atomic E-state index is 13.2. The van der Waals surface area contributed by atoms with Crippen molar-refractivity contribution in [3.05, 3.63) is 47.5 Å². The number of carbonyl (C=O) groups excluding carboxylic acids is 1. The first-order valence-corrected chi connectivity index (χ1v) is 10.6. The molecular weight excluding hydrogens is 376 g/mol. The Bertz CT molecular complexity index is 1080. The van der Waals surface area contributed by atoms with Crippen molar-refractivity contribution in [2.45, 2.75) is 59.9 Å². The van der Waals surface area contributed by atoms with Crippen LogP contribution in [0.5, 0.6) is 0 Å². The van der Waals surface area contributed by atoms with E-state index in [2.05, 4.69) is 34.5 Å². The third-order valence-electron chi connectivity index (χ3n) is 7.14. The molecular formula is C23H30N6O. The van der Waals surface area contributed by atoms with E-state index in [0.29, 0.717) is 0 Å². The van der Waals surface area contributed by atoms with Crippen molar-refractivity contribution < 1.29 is 4.79 Å². The van der Waals surface area contributed by atoms with Crippen molar-refractivity contribution in [2.75, 3.05) is 0 Å². The number of benzene rings is 1. The number of aryl methyl sites for hydroxylation is 2. The molecule has 2 N–H and O–H groups in total. The standard InChI is InChI=1S/C23H30N6O/c1-6-29-14-16(15(2)28-29)13-24-27-21(30)23(5)12-11-17(22(23,3)4)20-25-18-9-7-8-10-19(18)26-20/h7-10,13-14,17H,6,11-12H2,1-5H3,(H,25,26)(H,27,30)/b24-13+. The Morgan fingerprint density at radius 3 is 2.83 bits per heavy atom. The first-order chi connectivity index (χ1) is 14.3. The van der Waals surface area contributed by atoms with E-state index < -0.39 is 5.41 Å². The number of hydrogen-bond donors (Lipinski definition) is 2. The van der Waals surface area contributed by atoms with Crippen molar-refractivity contribution in [2.24, 2.45) is 15.9 Å². The SMILES string of the molecule is CCn1cc(/C=N/NC(=O)C2(C)CCC(c3nc4ccccc4[nH]3)C2(C)C)c(C)n1. The van der Waals surface area contributed by atoms with Crippen LogP contribution in [0.15, 0.2) is 35.6 Å². The Morgan fingerprint density at radius 1 is 1.37 bits per heavy atom. The number of imidazole rings is 1. The average molecular weight is 407 g/mol. The van der Waals surface area contributed by atoms with Crippen molar-refractivity contribution >= 4 is 23.2 Å². The third-order valence-corrected chi connectivity index (χ3v) is 7.14. The first-order valence-electron chi connectivity index (χ1n) is 10.6. The highest BCUT2D eigenvalue weighted by Gasteiger charge is 2.57. The number of para-hydroxylation sites is 2. The molecule has 0 aliphatic heterocycles. The van der Waals surface area contributed by atoms with Crippen molar-refractivity contribution in [3.8, 4) is 0 Å². The van der Waals surface area contributed by atoms with Crippen molar-refractivity contribution in [3.63, 3.8) is 0 Å². The topological polar surface area (TPSA) is 88.0 Å². The average Bonchev–Trinajstić information content (AvgIpc) is 3.36. The number of nitrogens with one attached hydrogen (secondary N) is 2. The normalized spacial score (nSPS) is 23.4. The third kappa shape index (κ3) is 3.22. The molecule has 1 fully saturated rings. The van der Waals surface area contributed by atoms with Crippen molar-refractivity contribution in [1.29, 1.82) is 0 Å². The number of fused-ring (bicyclic) bond motifs is 1. The van der Waals surface area contributed by atoms with Gasteiger partial charge in [-0.1, -0.05) is 32.9 Å². The molecule has 0 bridgehead atoms. The highest BCUT2D eigenvalue weighted by Crippen LogP contribution is 2.59. The molecule has 0 spiro atoms. The summed E-state index contributed by atoms with van der Waals surface area (Å²) in [5.41, 5.74) is 5.77. The van der Waals surface area contributed by atoms with E-state index >= 15 is 0 Å². The van der Waals surface area contributed by atoms with Crippen LogP contribution in [0.25, 0.3) is 11.0 Å². The second-order valence-electron chi connectivity index (χ2n) is 9.01. The number of hydrogen-bond acceptors (Lipinski definition) is 4. The second-order valence-corrected chi connectivity index (χ2v) is 9.01. The summed E-state index contributed by atoms with van der Waals surface area (Å²) in [7, 11) is 0. The lowest BCUT2D eigenvalue weighted by atomic mass is 9.65. The van der Waals surface area contributed by atoms with Crippen molar-refractivity contribution in [1.82, 2.24) is 25.2 Å². The monoisotopic (exact) mass is 406 g/mol. The van der Waals surface area contributed by atoms with E-state index in [9.17, 15) is 4.79 Å². The number of amides is 1. The summed E-state index contributed by atoms with van der Waals surface area (Å²) < 4.78 is 1.86. The second kappa shape index (κ2) is 7.38. The molecule has 2 aromatic heterocycles. The zero-order valence-corrected chi connectivity index (χ0v) is 18.4. The van der Waals surface area contributed by atoms with Gasteiger partial charge >= 0.3 is 0 Å². The molecule has 1 saturated carbocycles. The first kappa shape index (κ1) is 20.3. The van der Waals surface area contributed by atoms with E-state index in [0.717, 1.165) is 47.5 Å². The fourth-order valence-corrected chi connectivity index (χ4v) is 4.63. The van der Waals surface area contributed by atoms with Gasteiger partial charge in [-0.3, -0.25) is 9.48 Å². The summed E-state index contributed by atoms with van der Waals surface area (Å²) in [6.07, 6.45) is 5.30. The van der Waals surface area contributed by atoms with Crippen LogP contribution in [-0.4, -0.2) is 31.9 Å². The summed E-state index contributed by atoms with van der Waals surface area (Å²) in [5.74, 6) is 1.08. The van der Waals surface area contributed by atoms with E-state index in [4.69, 9.17) is 4.98 Å². The lowest BCUT2D eigenvalue weighted by Crippen LogP contribution is -2.45. The van der Waals surface area contributed by atoms with E-state index in [1.165, 1.54) is 0 Å². The van der Waals surface area contributed by atoms with Gasteiger partial charge in [0.15, 0.2) is 0 Å². The van der Waals surface area contributed by atoms with Crippen LogP contribution >= 0.6 is 0 Å². The van der Waals surface area contributed by atoms with Crippen LogP contribution in [0.4, 0.5) is 0 Å². The highest BCUT2D eigenvalue weighted by atomic mass is 16.2. The maximum absolute atomic E-state index is 13.2. The highest BCUT2D eigenvalue weighted by molar-refractivity contribution is 5.86. The van der Waals surface area contributed by atoms with E-state index in [1.54, 1.807) is 6.21 Å². The number of nitrogens with zero attached hydrogens (tertiary/aromatic N) is 4. The molecule has 4 rings (SSSR count). The molecule has 2 atom stereocenters. The lowest BCUT2D eigenvalue weighted by Gasteiger charge is -2.39. The van der Waals surface area contributed by atoms with Crippen LogP contribution in [0, 0.1) is 17.8 Å². The molecule has 7 nitrogen and oxygen atoms in total. The molecule has 1 aromatic carbocycles.